The molecule has 3 rings (SSSR count). The molecule has 2 aliphatic rings. The minimum absolute atomic E-state index is 0.0859. The van der Waals surface area contributed by atoms with Crippen molar-refractivity contribution in [3.05, 3.63) is 21.1 Å². The number of carbonyl (C=O) groups is 2. The molecule has 0 amide bonds. The van der Waals surface area contributed by atoms with Crippen LogP contribution in [0.5, 0.6) is 0 Å². The Morgan fingerprint density at radius 2 is 2.00 bits per heavy atom. The molecule has 2 N–H and O–H groups in total. The van der Waals surface area contributed by atoms with Gasteiger partial charge in [-0.15, -0.1) is 11.3 Å². The normalized spacial score (nSPS) is 36.8. The summed E-state index contributed by atoms with van der Waals surface area (Å²) in [6, 6.07) is 0. The zero-order valence-corrected chi connectivity index (χ0v) is 23.7. The number of epoxide rings is 1. The van der Waals surface area contributed by atoms with Gasteiger partial charge in [-0.3, -0.25) is 9.59 Å². The predicted molar refractivity (Wildman–Crippen MR) is 141 cm³/mol. The molecule has 3 heterocycles. The van der Waals surface area contributed by atoms with E-state index < -0.39 is 35.6 Å². The molecule has 2 saturated heterocycles. The molecule has 0 aliphatic carbocycles. The van der Waals surface area contributed by atoms with E-state index in [-0.39, 0.29) is 29.8 Å². The van der Waals surface area contributed by atoms with Gasteiger partial charge in [0.25, 0.3) is 0 Å². The molecule has 0 unspecified atom stereocenters. The van der Waals surface area contributed by atoms with E-state index >= 15 is 0 Å². The molecule has 9 heteroatoms. The summed E-state index contributed by atoms with van der Waals surface area (Å²) in [6.45, 7) is 11.0. The first-order chi connectivity index (χ1) is 16.8. The summed E-state index contributed by atoms with van der Waals surface area (Å²) in [5.74, 6) is -1.61. The average Bonchev–Trinajstić information content (AvgIpc) is 3.24. The van der Waals surface area contributed by atoms with Crippen molar-refractivity contribution < 1.29 is 29.3 Å². The Labute approximate surface area is 223 Å². The summed E-state index contributed by atoms with van der Waals surface area (Å²) in [4.78, 5) is 30.8. The molecule has 1 aromatic heterocycles. The van der Waals surface area contributed by atoms with Crippen LogP contribution in [0.15, 0.2) is 10.4 Å². The lowest BCUT2D eigenvalue weighted by atomic mass is 9.71. The smallest absolute Gasteiger partial charge is 0.309 e. The van der Waals surface area contributed by atoms with Crippen LogP contribution in [0.1, 0.15) is 83.8 Å². The standard InChI is InChI=1S/C27H40ClNO6S/c1-7-18-24(32)15(2)9-8-10-27(6)22(35-27)12-20(19(28)11-17-14-36-16(3)29-17)34-23(31)13-21(30)26(4,5)25(18)33/h11,14-15,18,20-22,24,30,32H,7-10,12-13H2,1-6H3/b19-11-/t15-,18-,20+,21+,22+,24+,27+/m1/s1. The van der Waals surface area contributed by atoms with Crippen LogP contribution in [0.2, 0.25) is 0 Å². The van der Waals surface area contributed by atoms with Gasteiger partial charge in [0.05, 0.1) is 51.5 Å². The highest BCUT2D eigenvalue weighted by Crippen LogP contribution is 2.45. The van der Waals surface area contributed by atoms with E-state index in [4.69, 9.17) is 21.1 Å². The minimum atomic E-state index is -1.27. The molecule has 7 nitrogen and oxygen atoms in total. The maximum absolute atomic E-state index is 13.4. The van der Waals surface area contributed by atoms with Crippen molar-refractivity contribution in [1.82, 2.24) is 4.98 Å². The number of esters is 1. The van der Waals surface area contributed by atoms with Crippen LogP contribution >= 0.6 is 22.9 Å². The molecular formula is C27H40ClNO6S. The first-order valence-electron chi connectivity index (χ1n) is 12.9. The second-order valence-corrected chi connectivity index (χ2v) is 12.6. The monoisotopic (exact) mass is 541 g/mol. The Hall–Kier alpha value is -1.32. The zero-order valence-electron chi connectivity index (χ0n) is 22.1. The fourth-order valence-electron chi connectivity index (χ4n) is 5.09. The van der Waals surface area contributed by atoms with Gasteiger partial charge in [0.2, 0.25) is 0 Å². The fraction of sp³-hybridized carbons (Fsp3) is 0.741. The Kier molecular flexibility index (Phi) is 9.42. The van der Waals surface area contributed by atoms with E-state index in [0.29, 0.717) is 23.6 Å². The summed E-state index contributed by atoms with van der Waals surface area (Å²) in [5, 5.41) is 25.0. The third-order valence-electron chi connectivity index (χ3n) is 7.90. The lowest BCUT2D eigenvalue weighted by Crippen LogP contribution is -2.46. The number of aryl methyl sites for hydroxylation is 1. The largest absolute Gasteiger partial charge is 0.456 e. The van der Waals surface area contributed by atoms with E-state index in [9.17, 15) is 19.8 Å². The molecule has 0 radical (unpaired) electrons. The number of ketones is 1. The van der Waals surface area contributed by atoms with Crippen LogP contribution in [-0.2, 0) is 19.1 Å². The second kappa shape index (κ2) is 11.6. The highest BCUT2D eigenvalue weighted by Gasteiger charge is 2.53. The summed E-state index contributed by atoms with van der Waals surface area (Å²) >= 11 is 8.14. The Bertz CT molecular complexity index is 977. The second-order valence-electron chi connectivity index (χ2n) is 11.1. The highest BCUT2D eigenvalue weighted by molar-refractivity contribution is 7.09. The molecule has 7 atom stereocenters. The van der Waals surface area contributed by atoms with E-state index in [1.165, 1.54) is 11.3 Å². The van der Waals surface area contributed by atoms with Gasteiger partial charge in [0.1, 0.15) is 11.9 Å². The van der Waals surface area contributed by atoms with E-state index in [1.807, 2.05) is 33.1 Å². The topological polar surface area (TPSA) is 109 Å². The van der Waals surface area contributed by atoms with Crippen LogP contribution in [0, 0.1) is 24.2 Å². The van der Waals surface area contributed by atoms with Gasteiger partial charge < -0.3 is 19.7 Å². The third kappa shape index (κ3) is 6.76. The first kappa shape index (κ1) is 29.2. The molecule has 1 aromatic rings. The Morgan fingerprint density at radius 3 is 2.61 bits per heavy atom. The minimum Gasteiger partial charge on any atom is -0.456 e. The molecule has 0 spiro atoms. The van der Waals surface area contributed by atoms with Crippen molar-refractivity contribution in [1.29, 1.82) is 0 Å². The van der Waals surface area contributed by atoms with E-state index in [2.05, 4.69) is 4.98 Å². The maximum Gasteiger partial charge on any atom is 0.309 e. The number of Topliss-reactive ketones (excluding diaryl/α,β-unsaturated/α-hetero) is 1. The number of ether oxygens (including phenoxy) is 2. The van der Waals surface area contributed by atoms with Gasteiger partial charge in [-0.2, -0.15) is 0 Å². The van der Waals surface area contributed by atoms with Gasteiger partial charge in [0, 0.05) is 17.7 Å². The van der Waals surface area contributed by atoms with Crippen molar-refractivity contribution in [3.63, 3.8) is 0 Å². The van der Waals surface area contributed by atoms with Gasteiger partial charge >= 0.3 is 5.97 Å². The number of rotatable bonds is 3. The van der Waals surface area contributed by atoms with Gasteiger partial charge in [0.15, 0.2) is 0 Å². The van der Waals surface area contributed by atoms with Crippen molar-refractivity contribution in [2.75, 3.05) is 0 Å². The Balaban J connectivity index is 1.87. The molecule has 202 valence electrons. The number of carbonyl (C=O) groups excluding carboxylic acids is 2. The van der Waals surface area contributed by atoms with Crippen LogP contribution in [0.4, 0.5) is 0 Å². The number of aromatic nitrogens is 1. The molecule has 2 aliphatic heterocycles. The number of cyclic esters (lactones) is 1. The summed E-state index contributed by atoms with van der Waals surface area (Å²) < 4.78 is 11.8. The molecular weight excluding hydrogens is 502 g/mol. The lowest BCUT2D eigenvalue weighted by Gasteiger charge is -2.35. The predicted octanol–water partition coefficient (Wildman–Crippen LogP) is 5.04. The van der Waals surface area contributed by atoms with Crippen LogP contribution < -0.4 is 0 Å². The van der Waals surface area contributed by atoms with Crippen LogP contribution in [0.3, 0.4) is 0 Å². The number of thiazole rings is 1. The molecule has 0 aromatic carbocycles. The summed E-state index contributed by atoms with van der Waals surface area (Å²) in [6.07, 6.45) is 1.56. The Morgan fingerprint density at radius 1 is 1.31 bits per heavy atom. The lowest BCUT2D eigenvalue weighted by molar-refractivity contribution is -0.154. The summed E-state index contributed by atoms with van der Waals surface area (Å²) in [5.41, 5.74) is -0.902. The van der Waals surface area contributed by atoms with E-state index in [1.54, 1.807) is 19.9 Å². The summed E-state index contributed by atoms with van der Waals surface area (Å²) in [7, 11) is 0. The molecule has 2 fully saturated rings. The number of fused-ring (bicyclic) bond motifs is 1. The molecule has 0 bridgehead atoms. The number of hydrogen-bond donors (Lipinski definition) is 2. The van der Waals surface area contributed by atoms with Crippen molar-refractivity contribution in [2.45, 2.75) is 110 Å². The SMILES string of the molecule is CC[C@H]1C(=O)C(C)(C)[C@@H](O)CC(=O)O[C@H](/C(Cl)=C/c2csc(C)n2)C[C@@H]2O[C@@]2(C)CCC[C@@H](C)[C@@H]1O. The average molecular weight is 542 g/mol. The van der Waals surface area contributed by atoms with Gasteiger partial charge in [-0.05, 0) is 45.1 Å². The molecule has 36 heavy (non-hydrogen) atoms. The number of aliphatic hydroxyl groups is 2. The van der Waals surface area contributed by atoms with E-state index in [0.717, 1.165) is 24.3 Å². The zero-order chi connectivity index (χ0) is 26.8. The van der Waals surface area contributed by atoms with Crippen LogP contribution in [0.25, 0.3) is 6.08 Å². The number of halogens is 1. The quantitative estimate of drug-likeness (QED) is 0.407. The van der Waals surface area contributed by atoms with Crippen LogP contribution in [-0.4, -0.2) is 57.0 Å². The van der Waals surface area contributed by atoms with Crippen molar-refractivity contribution in [2.24, 2.45) is 17.3 Å². The highest BCUT2D eigenvalue weighted by atomic mass is 35.5. The molecule has 0 saturated carbocycles. The van der Waals surface area contributed by atoms with Gasteiger partial charge in [-0.1, -0.05) is 45.7 Å². The maximum atomic E-state index is 13.4. The number of hydrogen-bond acceptors (Lipinski definition) is 8. The number of nitrogens with zero attached hydrogens (tertiary/aromatic N) is 1. The van der Waals surface area contributed by atoms with Crippen molar-refractivity contribution in [3.8, 4) is 0 Å². The fourth-order valence-corrected chi connectivity index (χ4v) is 5.90. The number of aliphatic hydroxyl groups excluding tert-OH is 2. The van der Waals surface area contributed by atoms with Gasteiger partial charge in [-0.25, -0.2) is 4.98 Å². The van der Waals surface area contributed by atoms with Crippen molar-refractivity contribution >= 4 is 40.8 Å². The third-order valence-corrected chi connectivity index (χ3v) is 9.04. The first-order valence-corrected chi connectivity index (χ1v) is 14.1.